The molecule has 1 aromatic carbocycles. The lowest BCUT2D eigenvalue weighted by Gasteiger charge is -2.17. The normalized spacial score (nSPS) is 17.9. The molecule has 0 spiro atoms. The predicted molar refractivity (Wildman–Crippen MR) is 76.6 cm³/mol. The molecule has 18 heavy (non-hydrogen) atoms. The van der Waals surface area contributed by atoms with Crippen LogP contribution in [0.4, 0.5) is 0 Å². The first-order valence-corrected chi connectivity index (χ1v) is 7.35. The van der Waals surface area contributed by atoms with Crippen molar-refractivity contribution < 1.29 is 4.79 Å². The fraction of sp³-hybridized carbons (Fsp3) is 0.500. The van der Waals surface area contributed by atoms with Crippen molar-refractivity contribution in [2.24, 2.45) is 5.92 Å². The fourth-order valence-corrected chi connectivity index (χ4v) is 3.19. The van der Waals surface area contributed by atoms with Gasteiger partial charge >= 0.3 is 0 Å². The van der Waals surface area contributed by atoms with E-state index < -0.39 is 0 Å². The predicted octanol–water partition coefficient (Wildman–Crippen LogP) is 5.42. The van der Waals surface area contributed by atoms with Crippen LogP contribution in [-0.4, -0.2) is 5.24 Å². The Morgan fingerprint density at radius 2 is 1.89 bits per heavy atom. The Bertz CT molecular complexity index is 439. The second kappa shape index (κ2) is 6.27. The van der Waals surface area contributed by atoms with Gasteiger partial charge in [0.1, 0.15) is 0 Å². The van der Waals surface area contributed by atoms with Gasteiger partial charge in [0.15, 0.2) is 0 Å². The third-order valence-corrected chi connectivity index (χ3v) is 4.67. The molecule has 0 radical (unpaired) electrons. The number of carbonyl (C=O) groups excluding carboxylic acids is 1. The Morgan fingerprint density at radius 3 is 2.44 bits per heavy atom. The highest BCUT2D eigenvalue weighted by molar-refractivity contribution is 6.64. The SMILES string of the molecule is O=C(Cl)[C@H](CC1CCCC1)c1ccc(Cl)c(Cl)c1. The summed E-state index contributed by atoms with van der Waals surface area (Å²) in [4.78, 5) is 11.6. The molecule has 1 fully saturated rings. The molecule has 0 saturated heterocycles. The van der Waals surface area contributed by atoms with Crippen LogP contribution in [0.1, 0.15) is 43.6 Å². The number of hydrogen-bond acceptors (Lipinski definition) is 1. The number of halogens is 3. The summed E-state index contributed by atoms with van der Waals surface area (Å²) < 4.78 is 0. The zero-order valence-corrected chi connectivity index (χ0v) is 12.2. The van der Waals surface area contributed by atoms with E-state index >= 15 is 0 Å². The van der Waals surface area contributed by atoms with Gasteiger partial charge in [-0.05, 0) is 41.6 Å². The van der Waals surface area contributed by atoms with E-state index in [-0.39, 0.29) is 11.2 Å². The summed E-state index contributed by atoms with van der Waals surface area (Å²) in [5.41, 5.74) is 0.872. The van der Waals surface area contributed by atoms with E-state index in [1.54, 1.807) is 12.1 Å². The van der Waals surface area contributed by atoms with Gasteiger partial charge < -0.3 is 0 Å². The number of rotatable bonds is 4. The second-order valence-electron chi connectivity index (χ2n) is 4.92. The maximum atomic E-state index is 11.6. The minimum Gasteiger partial charge on any atom is -0.281 e. The van der Waals surface area contributed by atoms with E-state index in [1.165, 1.54) is 25.7 Å². The summed E-state index contributed by atoms with van der Waals surface area (Å²) in [6.45, 7) is 0. The first-order valence-electron chi connectivity index (χ1n) is 6.22. The van der Waals surface area contributed by atoms with E-state index in [0.717, 1.165) is 12.0 Å². The highest BCUT2D eigenvalue weighted by atomic mass is 35.5. The van der Waals surface area contributed by atoms with Crippen LogP contribution < -0.4 is 0 Å². The molecule has 0 N–H and O–H groups in total. The second-order valence-corrected chi connectivity index (χ2v) is 6.10. The highest BCUT2D eigenvalue weighted by Crippen LogP contribution is 2.36. The van der Waals surface area contributed by atoms with Gasteiger partial charge in [-0.15, -0.1) is 0 Å². The van der Waals surface area contributed by atoms with Crippen LogP contribution in [0.5, 0.6) is 0 Å². The highest BCUT2D eigenvalue weighted by Gasteiger charge is 2.25. The third-order valence-electron chi connectivity index (χ3n) is 3.66. The third kappa shape index (κ3) is 3.40. The Hall–Kier alpha value is -0.240. The number of benzene rings is 1. The summed E-state index contributed by atoms with van der Waals surface area (Å²) in [6.07, 6.45) is 5.73. The lowest BCUT2D eigenvalue weighted by Crippen LogP contribution is -2.11. The van der Waals surface area contributed by atoms with Gasteiger partial charge in [-0.2, -0.15) is 0 Å². The Balaban J connectivity index is 2.17. The van der Waals surface area contributed by atoms with Crippen molar-refractivity contribution in [1.29, 1.82) is 0 Å². The van der Waals surface area contributed by atoms with E-state index in [4.69, 9.17) is 34.8 Å². The average Bonchev–Trinajstić information content (AvgIpc) is 2.82. The molecule has 0 amide bonds. The largest absolute Gasteiger partial charge is 0.281 e. The molecule has 2 rings (SSSR count). The minimum absolute atomic E-state index is 0.260. The first-order chi connectivity index (χ1) is 8.58. The summed E-state index contributed by atoms with van der Waals surface area (Å²) >= 11 is 17.6. The van der Waals surface area contributed by atoms with Crippen molar-refractivity contribution in [2.45, 2.75) is 38.0 Å². The van der Waals surface area contributed by atoms with Crippen LogP contribution in [0.25, 0.3) is 0 Å². The summed E-state index contributed by atoms with van der Waals surface area (Å²) in [5, 5.41) is 0.672. The minimum atomic E-state index is -0.305. The molecular weight excluding hydrogens is 291 g/mol. The van der Waals surface area contributed by atoms with Gasteiger partial charge in [-0.3, -0.25) is 4.79 Å². The fourth-order valence-electron chi connectivity index (χ4n) is 2.67. The van der Waals surface area contributed by atoms with Crippen molar-refractivity contribution in [3.05, 3.63) is 33.8 Å². The van der Waals surface area contributed by atoms with E-state index in [9.17, 15) is 4.79 Å². The molecule has 98 valence electrons. The van der Waals surface area contributed by atoms with Crippen LogP contribution in [0, 0.1) is 5.92 Å². The zero-order valence-electron chi connectivity index (χ0n) is 9.96. The van der Waals surface area contributed by atoms with E-state index in [2.05, 4.69) is 0 Å². The summed E-state index contributed by atoms with van der Waals surface area (Å²) in [6, 6.07) is 5.32. The van der Waals surface area contributed by atoms with Crippen LogP contribution >= 0.6 is 34.8 Å². The van der Waals surface area contributed by atoms with Crippen molar-refractivity contribution in [3.8, 4) is 0 Å². The molecule has 1 aliphatic rings. The molecule has 4 heteroatoms. The molecule has 1 saturated carbocycles. The van der Waals surface area contributed by atoms with Crippen molar-refractivity contribution in [3.63, 3.8) is 0 Å². The Labute approximate surface area is 122 Å². The Kier molecular flexibility index (Phi) is 4.94. The smallest absolute Gasteiger partial charge is 0.229 e. The topological polar surface area (TPSA) is 17.1 Å². The molecule has 0 heterocycles. The maximum Gasteiger partial charge on any atom is 0.229 e. The number of hydrogen-bond donors (Lipinski definition) is 0. The molecular formula is C14H15Cl3O. The monoisotopic (exact) mass is 304 g/mol. The molecule has 0 aromatic heterocycles. The number of carbonyl (C=O) groups is 1. The van der Waals surface area contributed by atoms with Crippen molar-refractivity contribution >= 4 is 40.0 Å². The lowest BCUT2D eigenvalue weighted by atomic mass is 9.89. The molecule has 1 aromatic rings. The van der Waals surface area contributed by atoms with Crippen molar-refractivity contribution in [2.75, 3.05) is 0 Å². The van der Waals surface area contributed by atoms with E-state index in [1.807, 2.05) is 6.07 Å². The van der Waals surface area contributed by atoms with Crippen LogP contribution in [0.15, 0.2) is 18.2 Å². The maximum absolute atomic E-state index is 11.6. The van der Waals surface area contributed by atoms with E-state index in [0.29, 0.717) is 16.0 Å². The van der Waals surface area contributed by atoms with Gasteiger partial charge in [0.25, 0.3) is 0 Å². The summed E-state index contributed by atoms with van der Waals surface area (Å²) in [7, 11) is 0. The average molecular weight is 306 g/mol. The standard InChI is InChI=1S/C14H15Cl3O/c15-12-6-5-10(8-13(12)16)11(14(17)18)7-9-3-1-2-4-9/h5-6,8-9,11H,1-4,7H2/t11-/m1/s1. The van der Waals surface area contributed by atoms with Gasteiger partial charge in [-0.25, -0.2) is 0 Å². The van der Waals surface area contributed by atoms with Gasteiger partial charge in [0, 0.05) is 0 Å². The van der Waals surface area contributed by atoms with Crippen molar-refractivity contribution in [1.82, 2.24) is 0 Å². The van der Waals surface area contributed by atoms with Crippen LogP contribution in [0.3, 0.4) is 0 Å². The summed E-state index contributed by atoms with van der Waals surface area (Å²) in [5.74, 6) is 0.344. The molecule has 0 bridgehead atoms. The molecule has 1 nitrogen and oxygen atoms in total. The van der Waals surface area contributed by atoms with Crippen LogP contribution in [-0.2, 0) is 4.79 Å². The van der Waals surface area contributed by atoms with Gasteiger partial charge in [-0.1, -0.05) is 55.0 Å². The molecule has 1 atom stereocenters. The lowest BCUT2D eigenvalue weighted by molar-refractivity contribution is -0.113. The quantitative estimate of drug-likeness (QED) is 0.679. The molecule has 0 unspecified atom stereocenters. The zero-order chi connectivity index (χ0) is 13.1. The van der Waals surface area contributed by atoms with Gasteiger partial charge in [0.05, 0.1) is 16.0 Å². The Morgan fingerprint density at radius 1 is 1.22 bits per heavy atom. The first kappa shape index (κ1) is 14.2. The molecule has 0 aliphatic heterocycles. The van der Waals surface area contributed by atoms with Gasteiger partial charge in [0.2, 0.25) is 5.24 Å². The molecule has 1 aliphatic carbocycles. The van der Waals surface area contributed by atoms with Crippen LogP contribution in [0.2, 0.25) is 10.0 Å².